The minimum Gasteiger partial charge on any atom is -0.464 e. The molecule has 12 heteroatoms. The number of nitrogens with zero attached hydrogens (tertiary/aromatic N) is 5. The van der Waals surface area contributed by atoms with E-state index >= 15 is 0 Å². The molecule has 1 atom stereocenters. The lowest BCUT2D eigenvalue weighted by molar-refractivity contribution is -0.146. The maximum Gasteiger partial charge on any atom is 0.417 e. The molecule has 0 spiro atoms. The van der Waals surface area contributed by atoms with E-state index in [1.54, 1.807) is 13.8 Å². The molecular weight excluding hydrogens is 533 g/mol. The summed E-state index contributed by atoms with van der Waals surface area (Å²) in [6.07, 6.45) is -1.64. The number of carbonyl (C=O) groups is 1. The molecule has 0 saturated heterocycles. The highest BCUT2D eigenvalue weighted by Crippen LogP contribution is 2.37. The number of aryl methyl sites for hydroxylation is 1. The van der Waals surface area contributed by atoms with E-state index in [0.29, 0.717) is 11.3 Å². The van der Waals surface area contributed by atoms with Crippen LogP contribution in [0.5, 0.6) is 0 Å². The molecule has 5 rings (SSSR count). The number of hydrogen-bond acceptors (Lipinski definition) is 6. The van der Waals surface area contributed by atoms with Gasteiger partial charge in [-0.3, -0.25) is 0 Å². The van der Waals surface area contributed by atoms with Gasteiger partial charge in [0.15, 0.2) is 23.5 Å². The van der Waals surface area contributed by atoms with Gasteiger partial charge in [-0.1, -0.05) is 23.8 Å². The number of pyridine rings is 1. The third kappa shape index (κ3) is 5.12. The molecule has 1 aromatic heterocycles. The van der Waals surface area contributed by atoms with Crippen molar-refractivity contribution < 1.29 is 31.5 Å². The molecule has 0 saturated carbocycles. The predicted octanol–water partition coefficient (Wildman–Crippen LogP) is 6.26. The number of hydrogen-bond donors (Lipinski definition) is 0. The molecule has 3 aromatic rings. The van der Waals surface area contributed by atoms with E-state index in [-0.39, 0.29) is 40.6 Å². The fourth-order valence-electron chi connectivity index (χ4n) is 4.25. The number of imidazole rings is 1. The van der Waals surface area contributed by atoms with Crippen LogP contribution in [0.25, 0.3) is 34.0 Å². The summed E-state index contributed by atoms with van der Waals surface area (Å²) < 4.78 is 75.6. The number of aromatic nitrogens is 5. The third-order valence-corrected chi connectivity index (χ3v) is 6.11. The quantitative estimate of drug-likeness (QED) is 0.182. The van der Waals surface area contributed by atoms with Crippen molar-refractivity contribution in [1.29, 1.82) is 0 Å². The summed E-state index contributed by atoms with van der Waals surface area (Å²) in [5.41, 5.74) is 0.0207. The first-order valence-corrected chi connectivity index (χ1v) is 12.0. The number of benzene rings is 2. The molecule has 3 heterocycles. The third-order valence-electron chi connectivity index (χ3n) is 6.11. The number of halogens is 5. The van der Waals surface area contributed by atoms with Gasteiger partial charge in [0.25, 0.3) is 0 Å². The van der Waals surface area contributed by atoms with Crippen molar-refractivity contribution in [1.82, 2.24) is 24.7 Å². The van der Waals surface area contributed by atoms with Crippen molar-refractivity contribution in [2.45, 2.75) is 26.1 Å². The van der Waals surface area contributed by atoms with Crippen molar-refractivity contribution in [3.8, 4) is 34.0 Å². The molecule has 0 bridgehead atoms. The fraction of sp³-hybridized carbons (Fsp3) is 0.179. The molecule has 204 valence electrons. The van der Waals surface area contributed by atoms with Crippen molar-refractivity contribution in [3.05, 3.63) is 95.4 Å². The number of carbonyl (C=O) groups excluding carboxylic acids is 1. The van der Waals surface area contributed by atoms with Crippen molar-refractivity contribution in [2.75, 3.05) is 6.61 Å². The SMILES string of the molecule is CCOC(=O)C(c1ccc(-c2ccc(C)cc2C(F)(F)F)nn1)n1ccc2nc(-c3cccc(F)c3F)nc-2c1. The first kappa shape index (κ1) is 26.9. The summed E-state index contributed by atoms with van der Waals surface area (Å²) in [5.74, 6) is -2.87. The van der Waals surface area contributed by atoms with E-state index in [2.05, 4.69) is 20.2 Å². The van der Waals surface area contributed by atoms with Crippen LogP contribution in [0.4, 0.5) is 22.0 Å². The Hall–Kier alpha value is -4.74. The van der Waals surface area contributed by atoms with Crippen molar-refractivity contribution in [2.24, 2.45) is 0 Å². The zero-order chi connectivity index (χ0) is 28.6. The van der Waals surface area contributed by atoms with Gasteiger partial charge >= 0.3 is 12.1 Å². The highest BCUT2D eigenvalue weighted by Gasteiger charge is 2.34. The lowest BCUT2D eigenvalue weighted by Gasteiger charge is -2.19. The Kier molecular flexibility index (Phi) is 7.01. The van der Waals surface area contributed by atoms with E-state index in [9.17, 15) is 26.7 Å². The normalized spacial score (nSPS) is 12.5. The van der Waals surface area contributed by atoms with Crippen LogP contribution in [0.15, 0.2) is 67.0 Å². The Bertz CT molecular complexity index is 1670. The Morgan fingerprint density at radius 1 is 0.950 bits per heavy atom. The minimum atomic E-state index is -4.60. The average Bonchev–Trinajstić information content (AvgIpc) is 3.34. The molecule has 2 aliphatic rings. The van der Waals surface area contributed by atoms with E-state index in [1.807, 2.05) is 0 Å². The zero-order valence-corrected chi connectivity index (χ0v) is 21.1. The van der Waals surface area contributed by atoms with E-state index in [0.717, 1.165) is 12.1 Å². The molecule has 1 unspecified atom stereocenters. The van der Waals surface area contributed by atoms with Gasteiger partial charge in [0.05, 0.1) is 34.8 Å². The van der Waals surface area contributed by atoms with Crippen LogP contribution >= 0.6 is 0 Å². The van der Waals surface area contributed by atoms with Crippen molar-refractivity contribution in [3.63, 3.8) is 0 Å². The number of esters is 1. The Balaban J connectivity index is 1.54. The molecule has 0 fully saturated rings. The summed E-state index contributed by atoms with van der Waals surface area (Å²) >= 11 is 0. The maximum absolute atomic E-state index is 14.3. The van der Waals surface area contributed by atoms with E-state index in [4.69, 9.17) is 4.74 Å². The van der Waals surface area contributed by atoms with Crippen LogP contribution in [0, 0.1) is 18.6 Å². The second-order valence-corrected chi connectivity index (χ2v) is 8.86. The standard InChI is InChI=1S/C28H20F5N5O2/c1-3-40-27(39)25(22-10-9-20(36-37-22)16-8-7-15(2)13-18(16)28(31,32)33)38-12-11-21-23(14-38)35-26(34-21)17-5-4-6-19(29)24(17)30/h4-14,25H,3H2,1-2H3. The average molecular weight is 553 g/mol. The fourth-order valence-corrected chi connectivity index (χ4v) is 4.25. The Morgan fingerprint density at radius 2 is 1.73 bits per heavy atom. The van der Waals surface area contributed by atoms with Crippen LogP contribution in [0.3, 0.4) is 0 Å². The highest BCUT2D eigenvalue weighted by molar-refractivity contribution is 5.78. The van der Waals surface area contributed by atoms with Crippen LogP contribution in [0.2, 0.25) is 0 Å². The number of ether oxygens (including phenoxy) is 1. The largest absolute Gasteiger partial charge is 0.464 e. The van der Waals surface area contributed by atoms with Gasteiger partial charge in [0.2, 0.25) is 0 Å². The maximum atomic E-state index is 14.3. The smallest absolute Gasteiger partial charge is 0.417 e. The Morgan fingerprint density at radius 3 is 2.42 bits per heavy atom. The predicted molar refractivity (Wildman–Crippen MR) is 134 cm³/mol. The molecule has 0 aliphatic carbocycles. The van der Waals surface area contributed by atoms with Gasteiger partial charge in [-0.25, -0.2) is 23.5 Å². The highest BCUT2D eigenvalue weighted by atomic mass is 19.4. The summed E-state index contributed by atoms with van der Waals surface area (Å²) in [6.45, 7) is 3.23. The first-order chi connectivity index (χ1) is 19.1. The van der Waals surface area contributed by atoms with Gasteiger partial charge in [0.1, 0.15) is 5.69 Å². The number of rotatable bonds is 6. The summed E-state index contributed by atoms with van der Waals surface area (Å²) in [7, 11) is 0. The summed E-state index contributed by atoms with van der Waals surface area (Å²) in [5, 5.41) is 8.06. The molecule has 0 N–H and O–H groups in total. The second kappa shape index (κ2) is 10.4. The number of alkyl halides is 3. The molecular formula is C28H20F5N5O2. The molecule has 40 heavy (non-hydrogen) atoms. The van der Waals surface area contributed by atoms with Crippen LogP contribution in [0.1, 0.15) is 29.8 Å². The van der Waals surface area contributed by atoms with E-state index < -0.39 is 35.4 Å². The van der Waals surface area contributed by atoms with Gasteiger partial charge in [-0.15, -0.1) is 0 Å². The van der Waals surface area contributed by atoms with Gasteiger partial charge < -0.3 is 9.30 Å². The van der Waals surface area contributed by atoms with Crippen LogP contribution < -0.4 is 0 Å². The lowest BCUT2D eigenvalue weighted by atomic mass is 10.0. The molecule has 0 radical (unpaired) electrons. The zero-order valence-electron chi connectivity index (χ0n) is 21.1. The Labute approximate surface area is 224 Å². The van der Waals surface area contributed by atoms with Crippen molar-refractivity contribution >= 4 is 5.97 Å². The van der Waals surface area contributed by atoms with Gasteiger partial charge in [-0.2, -0.15) is 23.4 Å². The molecule has 7 nitrogen and oxygen atoms in total. The van der Waals surface area contributed by atoms with Crippen LogP contribution in [-0.4, -0.2) is 37.3 Å². The summed E-state index contributed by atoms with van der Waals surface area (Å²) in [6, 6.07) is 10.6. The molecule has 2 aliphatic heterocycles. The van der Waals surface area contributed by atoms with E-state index in [1.165, 1.54) is 59.4 Å². The van der Waals surface area contributed by atoms with Gasteiger partial charge in [-0.05, 0) is 50.2 Å². The molecule has 2 aromatic carbocycles. The lowest BCUT2D eigenvalue weighted by Crippen LogP contribution is -2.24. The second-order valence-electron chi connectivity index (χ2n) is 8.86. The first-order valence-electron chi connectivity index (χ1n) is 12.0. The molecule has 0 amide bonds. The summed E-state index contributed by atoms with van der Waals surface area (Å²) in [4.78, 5) is 21.5. The van der Waals surface area contributed by atoms with Gasteiger partial charge in [0, 0.05) is 18.0 Å². The topological polar surface area (TPSA) is 82.8 Å². The number of fused-ring (bicyclic) bond motifs is 1. The minimum absolute atomic E-state index is 0.0252. The monoisotopic (exact) mass is 553 g/mol. The van der Waals surface area contributed by atoms with Crippen LogP contribution in [-0.2, 0) is 15.7 Å².